The molecule has 1 saturated heterocycles. The van der Waals surface area contributed by atoms with E-state index < -0.39 is 15.1 Å². The molecule has 0 radical (unpaired) electrons. The van der Waals surface area contributed by atoms with E-state index in [2.05, 4.69) is 0 Å². The van der Waals surface area contributed by atoms with Crippen molar-refractivity contribution in [2.45, 2.75) is 23.0 Å². The zero-order valence-electron chi connectivity index (χ0n) is 14.2. The van der Waals surface area contributed by atoms with Gasteiger partial charge in [0.1, 0.15) is 0 Å². The van der Waals surface area contributed by atoms with E-state index in [0.29, 0.717) is 35.8 Å². The number of benzene rings is 2. The Labute approximate surface area is 159 Å². The smallest absolute Gasteiger partial charge is 0.246 e. The number of amides is 1. The summed E-state index contributed by atoms with van der Waals surface area (Å²) in [6, 6.07) is 15.7. The number of halogens is 1. The Kier molecular flexibility index (Phi) is 5.79. The second-order valence-corrected chi connectivity index (χ2v) is 8.93. The SMILES string of the molecule is O=C(/C=C/c1ccc(Cl)cc1)N1CCC(S(=O)(=O)c2ccccc2)CC1. The zero-order valence-corrected chi connectivity index (χ0v) is 15.8. The fraction of sp³-hybridized carbons (Fsp3) is 0.250. The minimum atomic E-state index is -3.34. The van der Waals surface area contributed by atoms with Gasteiger partial charge >= 0.3 is 0 Å². The average molecular weight is 390 g/mol. The van der Waals surface area contributed by atoms with Crippen LogP contribution in [-0.4, -0.2) is 37.6 Å². The molecule has 0 bridgehead atoms. The summed E-state index contributed by atoms with van der Waals surface area (Å²) in [7, 11) is -3.34. The molecule has 0 unspecified atom stereocenters. The third kappa shape index (κ3) is 4.34. The van der Waals surface area contributed by atoms with E-state index in [-0.39, 0.29) is 5.91 Å². The zero-order chi connectivity index (χ0) is 18.6. The Morgan fingerprint density at radius 1 is 1.00 bits per heavy atom. The number of carbonyl (C=O) groups excluding carboxylic acids is 1. The van der Waals surface area contributed by atoms with Gasteiger partial charge in [-0.1, -0.05) is 41.9 Å². The van der Waals surface area contributed by atoms with Crippen LogP contribution in [0.4, 0.5) is 0 Å². The number of hydrogen-bond acceptors (Lipinski definition) is 3. The summed E-state index contributed by atoms with van der Waals surface area (Å²) in [5.74, 6) is -0.101. The normalized spacial score (nSPS) is 16.1. The molecule has 3 rings (SSSR count). The molecule has 0 N–H and O–H groups in total. The lowest BCUT2D eigenvalue weighted by Gasteiger charge is -2.31. The summed E-state index contributed by atoms with van der Waals surface area (Å²) >= 11 is 5.84. The maximum absolute atomic E-state index is 12.7. The van der Waals surface area contributed by atoms with Gasteiger partial charge in [0.2, 0.25) is 5.91 Å². The van der Waals surface area contributed by atoms with Crippen LogP contribution in [0.25, 0.3) is 6.08 Å². The summed E-state index contributed by atoms with van der Waals surface area (Å²) in [6.07, 6.45) is 4.18. The molecule has 0 spiro atoms. The minimum absolute atomic E-state index is 0.101. The Hall–Kier alpha value is -2.11. The van der Waals surface area contributed by atoms with Crippen LogP contribution in [0.3, 0.4) is 0 Å². The fourth-order valence-corrected chi connectivity index (χ4v) is 4.91. The van der Waals surface area contributed by atoms with Gasteiger partial charge in [0.25, 0.3) is 0 Å². The standard InChI is InChI=1S/C20H20ClNO3S/c21-17-9-6-16(7-10-17)8-11-20(23)22-14-12-19(13-15-22)26(24,25)18-4-2-1-3-5-18/h1-11,19H,12-15H2/b11-8+. The van der Waals surface area contributed by atoms with Gasteiger partial charge in [-0.25, -0.2) is 8.42 Å². The minimum Gasteiger partial charge on any atom is -0.339 e. The Balaban J connectivity index is 1.59. The predicted molar refractivity (Wildman–Crippen MR) is 104 cm³/mol. The van der Waals surface area contributed by atoms with Crippen molar-refractivity contribution in [3.05, 3.63) is 71.3 Å². The maximum Gasteiger partial charge on any atom is 0.246 e. The van der Waals surface area contributed by atoms with Crippen LogP contribution in [0, 0.1) is 0 Å². The molecule has 0 saturated carbocycles. The number of carbonyl (C=O) groups is 1. The van der Waals surface area contributed by atoms with E-state index in [0.717, 1.165) is 5.56 Å². The maximum atomic E-state index is 12.7. The number of nitrogens with zero attached hydrogens (tertiary/aromatic N) is 1. The van der Waals surface area contributed by atoms with Crippen molar-refractivity contribution in [2.75, 3.05) is 13.1 Å². The highest BCUT2D eigenvalue weighted by Gasteiger charge is 2.32. The van der Waals surface area contributed by atoms with E-state index in [9.17, 15) is 13.2 Å². The lowest BCUT2D eigenvalue weighted by atomic mass is 10.1. The van der Waals surface area contributed by atoms with Gasteiger partial charge in [0, 0.05) is 24.2 Å². The molecule has 0 aromatic heterocycles. The number of sulfone groups is 1. The predicted octanol–water partition coefficient (Wildman–Crippen LogP) is 3.82. The largest absolute Gasteiger partial charge is 0.339 e. The summed E-state index contributed by atoms with van der Waals surface area (Å²) in [4.78, 5) is 14.4. The number of piperidine rings is 1. The summed E-state index contributed by atoms with van der Waals surface area (Å²) < 4.78 is 25.3. The molecule has 1 heterocycles. The van der Waals surface area contributed by atoms with Gasteiger partial charge in [-0.2, -0.15) is 0 Å². The van der Waals surface area contributed by atoms with Crippen LogP contribution in [0.5, 0.6) is 0 Å². The van der Waals surface area contributed by atoms with Crippen molar-refractivity contribution < 1.29 is 13.2 Å². The average Bonchev–Trinajstić information content (AvgIpc) is 2.68. The Bertz CT molecular complexity index is 884. The molecule has 2 aromatic carbocycles. The highest BCUT2D eigenvalue weighted by atomic mass is 35.5. The molecule has 2 aromatic rings. The highest BCUT2D eigenvalue weighted by molar-refractivity contribution is 7.92. The van der Waals surface area contributed by atoms with Gasteiger partial charge in [0.15, 0.2) is 9.84 Å². The molecule has 0 aliphatic carbocycles. The van der Waals surface area contributed by atoms with Crippen molar-refractivity contribution in [1.82, 2.24) is 4.90 Å². The second kappa shape index (κ2) is 8.06. The first-order chi connectivity index (χ1) is 12.5. The Morgan fingerprint density at radius 3 is 2.23 bits per heavy atom. The summed E-state index contributed by atoms with van der Waals surface area (Å²) in [6.45, 7) is 0.890. The fourth-order valence-electron chi connectivity index (χ4n) is 3.04. The van der Waals surface area contributed by atoms with Gasteiger partial charge in [-0.3, -0.25) is 4.79 Å². The van der Waals surface area contributed by atoms with Crippen LogP contribution in [0.1, 0.15) is 18.4 Å². The number of rotatable bonds is 4. The lowest BCUT2D eigenvalue weighted by molar-refractivity contribution is -0.126. The first-order valence-corrected chi connectivity index (χ1v) is 10.4. The van der Waals surface area contributed by atoms with Crippen LogP contribution in [-0.2, 0) is 14.6 Å². The topological polar surface area (TPSA) is 54.5 Å². The highest BCUT2D eigenvalue weighted by Crippen LogP contribution is 2.24. The van der Waals surface area contributed by atoms with E-state index in [4.69, 9.17) is 11.6 Å². The molecule has 1 fully saturated rings. The van der Waals surface area contributed by atoms with E-state index in [1.54, 1.807) is 53.4 Å². The van der Waals surface area contributed by atoms with E-state index >= 15 is 0 Å². The van der Waals surface area contributed by atoms with Crippen LogP contribution < -0.4 is 0 Å². The third-order valence-electron chi connectivity index (χ3n) is 4.55. The molecule has 0 atom stereocenters. The molecule has 136 valence electrons. The van der Waals surface area contributed by atoms with Gasteiger partial charge in [-0.15, -0.1) is 0 Å². The number of likely N-dealkylation sites (tertiary alicyclic amines) is 1. The summed E-state index contributed by atoms with van der Waals surface area (Å²) in [5, 5.41) is 0.212. The number of hydrogen-bond donors (Lipinski definition) is 0. The van der Waals surface area contributed by atoms with Crippen molar-refractivity contribution >= 4 is 33.4 Å². The molecule has 6 heteroatoms. The molecule has 1 aliphatic rings. The molecule has 1 amide bonds. The molecular formula is C20H20ClNO3S. The van der Waals surface area contributed by atoms with Gasteiger partial charge < -0.3 is 4.90 Å². The monoisotopic (exact) mass is 389 g/mol. The molecule has 4 nitrogen and oxygen atoms in total. The van der Waals surface area contributed by atoms with Crippen molar-refractivity contribution in [1.29, 1.82) is 0 Å². The van der Waals surface area contributed by atoms with E-state index in [1.165, 1.54) is 6.08 Å². The first-order valence-electron chi connectivity index (χ1n) is 8.48. The molecular weight excluding hydrogens is 370 g/mol. The molecule has 1 aliphatic heterocycles. The van der Waals surface area contributed by atoms with Gasteiger partial charge in [-0.05, 0) is 48.7 Å². The lowest BCUT2D eigenvalue weighted by Crippen LogP contribution is -2.41. The van der Waals surface area contributed by atoms with Crippen molar-refractivity contribution in [3.8, 4) is 0 Å². The van der Waals surface area contributed by atoms with Crippen LogP contribution in [0.15, 0.2) is 65.6 Å². The van der Waals surface area contributed by atoms with E-state index in [1.807, 2.05) is 12.1 Å². The third-order valence-corrected chi connectivity index (χ3v) is 7.08. The van der Waals surface area contributed by atoms with Crippen LogP contribution in [0.2, 0.25) is 5.02 Å². The van der Waals surface area contributed by atoms with Crippen molar-refractivity contribution in [2.24, 2.45) is 0 Å². The Morgan fingerprint density at radius 2 is 1.62 bits per heavy atom. The first kappa shape index (κ1) is 18.7. The van der Waals surface area contributed by atoms with Gasteiger partial charge in [0.05, 0.1) is 10.1 Å². The van der Waals surface area contributed by atoms with Crippen molar-refractivity contribution in [3.63, 3.8) is 0 Å². The molecule has 26 heavy (non-hydrogen) atoms. The summed E-state index contributed by atoms with van der Waals surface area (Å²) in [5.41, 5.74) is 0.893. The quantitative estimate of drug-likeness (QED) is 0.747. The second-order valence-electron chi connectivity index (χ2n) is 6.27. The van der Waals surface area contributed by atoms with Crippen LogP contribution >= 0.6 is 11.6 Å².